The number of nitrogens with zero attached hydrogens (tertiary/aromatic N) is 1. The number of rotatable bonds is 5. The SMILES string of the molecule is CS(=O)(=O)NC[C@@H]1CCCCN1C(=O)C[C@@H]1C=CCC1. The van der Waals surface area contributed by atoms with Crippen molar-refractivity contribution in [1.29, 1.82) is 0 Å². The molecule has 6 heteroatoms. The molecule has 1 fully saturated rings. The first-order chi connectivity index (χ1) is 9.46. The first-order valence-electron chi connectivity index (χ1n) is 7.36. The van der Waals surface area contributed by atoms with E-state index in [4.69, 9.17) is 0 Å². The Balaban J connectivity index is 1.91. The van der Waals surface area contributed by atoms with Crippen molar-refractivity contribution >= 4 is 15.9 Å². The van der Waals surface area contributed by atoms with Gasteiger partial charge in [-0.2, -0.15) is 0 Å². The van der Waals surface area contributed by atoms with Crippen molar-refractivity contribution in [3.8, 4) is 0 Å². The Labute approximate surface area is 121 Å². The zero-order valence-electron chi connectivity index (χ0n) is 12.0. The zero-order valence-corrected chi connectivity index (χ0v) is 12.9. The molecule has 0 aromatic carbocycles. The molecule has 0 bridgehead atoms. The fraction of sp³-hybridized carbons (Fsp3) is 0.786. The Kier molecular flexibility index (Phi) is 5.21. The van der Waals surface area contributed by atoms with Crippen LogP contribution < -0.4 is 4.72 Å². The molecule has 0 saturated carbocycles. The molecule has 1 aliphatic carbocycles. The van der Waals surface area contributed by atoms with Crippen LogP contribution in [-0.4, -0.2) is 44.6 Å². The summed E-state index contributed by atoms with van der Waals surface area (Å²) >= 11 is 0. The molecule has 2 rings (SSSR count). The van der Waals surface area contributed by atoms with Crippen molar-refractivity contribution in [2.75, 3.05) is 19.3 Å². The van der Waals surface area contributed by atoms with Crippen molar-refractivity contribution in [1.82, 2.24) is 9.62 Å². The molecule has 1 aliphatic heterocycles. The van der Waals surface area contributed by atoms with Gasteiger partial charge in [0.25, 0.3) is 0 Å². The number of amides is 1. The van der Waals surface area contributed by atoms with Crippen molar-refractivity contribution in [3.63, 3.8) is 0 Å². The summed E-state index contributed by atoms with van der Waals surface area (Å²) in [5.74, 6) is 0.537. The molecule has 0 unspecified atom stereocenters. The number of allylic oxidation sites excluding steroid dienone is 2. The van der Waals surface area contributed by atoms with Gasteiger partial charge in [0, 0.05) is 25.6 Å². The van der Waals surface area contributed by atoms with E-state index in [0.29, 0.717) is 18.9 Å². The van der Waals surface area contributed by atoms with Crippen LogP contribution in [0.4, 0.5) is 0 Å². The molecular formula is C14H24N2O3S. The minimum Gasteiger partial charge on any atom is -0.338 e. The van der Waals surface area contributed by atoms with E-state index < -0.39 is 10.0 Å². The third-order valence-electron chi connectivity index (χ3n) is 4.08. The fourth-order valence-corrected chi connectivity index (χ4v) is 3.49. The molecule has 0 radical (unpaired) electrons. The number of carbonyl (C=O) groups is 1. The van der Waals surface area contributed by atoms with Crippen molar-refractivity contribution in [2.24, 2.45) is 5.92 Å². The maximum atomic E-state index is 12.4. The lowest BCUT2D eigenvalue weighted by atomic mass is 9.99. The lowest BCUT2D eigenvalue weighted by molar-refractivity contribution is -0.135. The lowest BCUT2D eigenvalue weighted by Gasteiger charge is -2.36. The molecule has 1 amide bonds. The number of nitrogens with one attached hydrogen (secondary N) is 1. The molecule has 0 aromatic heterocycles. The molecular weight excluding hydrogens is 276 g/mol. The van der Waals surface area contributed by atoms with E-state index in [1.807, 2.05) is 4.90 Å². The maximum absolute atomic E-state index is 12.4. The zero-order chi connectivity index (χ0) is 14.6. The first-order valence-corrected chi connectivity index (χ1v) is 9.25. The molecule has 0 aromatic rings. The van der Waals surface area contributed by atoms with Gasteiger partial charge in [-0.15, -0.1) is 0 Å². The molecule has 1 N–H and O–H groups in total. The quantitative estimate of drug-likeness (QED) is 0.778. The van der Waals surface area contributed by atoms with Crippen LogP contribution in [0.3, 0.4) is 0 Å². The van der Waals surface area contributed by atoms with Crippen molar-refractivity contribution in [2.45, 2.75) is 44.6 Å². The van der Waals surface area contributed by atoms with Gasteiger partial charge in [0.15, 0.2) is 0 Å². The molecule has 0 spiro atoms. The highest BCUT2D eigenvalue weighted by Crippen LogP contribution is 2.24. The van der Waals surface area contributed by atoms with Gasteiger partial charge in [-0.3, -0.25) is 4.79 Å². The summed E-state index contributed by atoms with van der Waals surface area (Å²) in [6.45, 7) is 1.09. The van der Waals surface area contributed by atoms with Crippen LogP contribution in [0.25, 0.3) is 0 Å². The van der Waals surface area contributed by atoms with E-state index in [2.05, 4.69) is 16.9 Å². The summed E-state index contributed by atoms with van der Waals surface area (Å²) in [7, 11) is -3.19. The fourth-order valence-electron chi connectivity index (χ4n) is 3.00. The monoisotopic (exact) mass is 300 g/mol. The topological polar surface area (TPSA) is 66.5 Å². The highest BCUT2D eigenvalue weighted by molar-refractivity contribution is 7.88. The second-order valence-electron chi connectivity index (χ2n) is 5.83. The molecule has 20 heavy (non-hydrogen) atoms. The highest BCUT2D eigenvalue weighted by Gasteiger charge is 2.28. The predicted octanol–water partition coefficient (Wildman–Crippen LogP) is 1.27. The van der Waals surface area contributed by atoms with Crippen LogP contribution in [0, 0.1) is 5.92 Å². The average molecular weight is 300 g/mol. The van der Waals surface area contributed by atoms with Gasteiger partial charge in [-0.05, 0) is 38.0 Å². The van der Waals surface area contributed by atoms with E-state index in [0.717, 1.165) is 44.9 Å². The number of hydrogen-bond donors (Lipinski definition) is 1. The van der Waals surface area contributed by atoms with Gasteiger partial charge in [-0.25, -0.2) is 13.1 Å². The summed E-state index contributed by atoms with van der Waals surface area (Å²) in [4.78, 5) is 14.3. The van der Waals surface area contributed by atoms with Gasteiger partial charge in [-0.1, -0.05) is 12.2 Å². The van der Waals surface area contributed by atoms with Gasteiger partial charge < -0.3 is 4.90 Å². The smallest absolute Gasteiger partial charge is 0.223 e. The Morgan fingerprint density at radius 1 is 1.35 bits per heavy atom. The van der Waals surface area contributed by atoms with Gasteiger partial charge in [0.2, 0.25) is 15.9 Å². The van der Waals surface area contributed by atoms with Crippen LogP contribution in [0.2, 0.25) is 0 Å². The van der Waals surface area contributed by atoms with Gasteiger partial charge in [0.1, 0.15) is 0 Å². The number of sulfonamides is 1. The summed E-state index contributed by atoms with van der Waals surface area (Å²) < 4.78 is 24.9. The van der Waals surface area contributed by atoms with E-state index in [1.54, 1.807) is 0 Å². The van der Waals surface area contributed by atoms with Crippen LogP contribution >= 0.6 is 0 Å². The van der Waals surface area contributed by atoms with E-state index in [1.165, 1.54) is 0 Å². The summed E-state index contributed by atoms with van der Waals surface area (Å²) in [5, 5.41) is 0. The Hall–Kier alpha value is -0.880. The molecule has 1 heterocycles. The Bertz CT molecular complexity index is 473. The highest BCUT2D eigenvalue weighted by atomic mass is 32.2. The second kappa shape index (κ2) is 6.72. The van der Waals surface area contributed by atoms with E-state index >= 15 is 0 Å². The Morgan fingerprint density at radius 3 is 2.80 bits per heavy atom. The normalized spacial score (nSPS) is 26.9. The third kappa shape index (κ3) is 4.59. The molecule has 5 nitrogen and oxygen atoms in total. The molecule has 2 atom stereocenters. The van der Waals surface area contributed by atoms with Crippen molar-refractivity contribution < 1.29 is 13.2 Å². The summed E-state index contributed by atoms with van der Waals surface area (Å²) in [5.41, 5.74) is 0. The largest absolute Gasteiger partial charge is 0.338 e. The summed E-state index contributed by atoms with van der Waals surface area (Å²) in [6.07, 6.45) is 11.1. The number of carbonyl (C=O) groups excluding carboxylic acids is 1. The van der Waals surface area contributed by atoms with E-state index in [-0.39, 0.29) is 11.9 Å². The first kappa shape index (κ1) is 15.5. The van der Waals surface area contributed by atoms with E-state index in [9.17, 15) is 13.2 Å². The Morgan fingerprint density at radius 2 is 2.15 bits per heavy atom. The lowest BCUT2D eigenvalue weighted by Crippen LogP contribution is -2.49. The van der Waals surface area contributed by atoms with Crippen LogP contribution in [-0.2, 0) is 14.8 Å². The standard InChI is InChI=1S/C14H24N2O3S/c1-20(18,19)15-11-13-8-4-5-9-16(13)14(17)10-12-6-2-3-7-12/h2,6,12-13,15H,3-5,7-11H2,1H3/t12-,13+/m1/s1. The molecule has 114 valence electrons. The summed E-state index contributed by atoms with van der Waals surface area (Å²) in [6, 6.07) is 0.0105. The minimum atomic E-state index is -3.19. The van der Waals surface area contributed by atoms with Gasteiger partial charge >= 0.3 is 0 Å². The molecule has 1 saturated heterocycles. The van der Waals surface area contributed by atoms with Crippen LogP contribution in [0.15, 0.2) is 12.2 Å². The predicted molar refractivity (Wildman–Crippen MR) is 78.7 cm³/mol. The minimum absolute atomic E-state index is 0.0105. The van der Waals surface area contributed by atoms with Crippen molar-refractivity contribution in [3.05, 3.63) is 12.2 Å². The number of piperidine rings is 1. The van der Waals surface area contributed by atoms with Gasteiger partial charge in [0.05, 0.1) is 6.26 Å². The second-order valence-corrected chi connectivity index (χ2v) is 7.66. The van der Waals surface area contributed by atoms with Crippen LogP contribution in [0.1, 0.15) is 38.5 Å². The van der Waals surface area contributed by atoms with Crippen LogP contribution in [0.5, 0.6) is 0 Å². The third-order valence-corrected chi connectivity index (χ3v) is 4.77. The maximum Gasteiger partial charge on any atom is 0.223 e. The number of hydrogen-bond acceptors (Lipinski definition) is 3. The average Bonchev–Trinajstić information content (AvgIpc) is 2.88. The number of likely N-dealkylation sites (tertiary alicyclic amines) is 1. The molecule has 2 aliphatic rings.